The number of amides is 1. The van der Waals surface area contributed by atoms with Crippen LogP contribution in [0.3, 0.4) is 0 Å². The van der Waals surface area contributed by atoms with Crippen molar-refractivity contribution in [3.8, 4) is 11.5 Å². The highest BCUT2D eigenvalue weighted by Crippen LogP contribution is 2.40. The molecule has 8 nitrogen and oxygen atoms in total. The maximum absolute atomic E-state index is 13.1. The number of rotatable bonds is 8. The van der Waals surface area contributed by atoms with Gasteiger partial charge < -0.3 is 24.2 Å². The number of hydrogen-bond acceptors (Lipinski definition) is 7. The third kappa shape index (κ3) is 5.06. The second-order valence-corrected chi connectivity index (χ2v) is 7.68. The van der Waals surface area contributed by atoms with Gasteiger partial charge in [-0.05, 0) is 54.8 Å². The zero-order valence-electron chi connectivity index (χ0n) is 19.1. The first kappa shape index (κ1) is 24.0. The molecular weight excluding hydrogens is 426 g/mol. The van der Waals surface area contributed by atoms with Crippen molar-refractivity contribution in [1.29, 1.82) is 0 Å². The molecule has 0 aromatic heterocycles. The highest BCUT2D eigenvalue weighted by molar-refractivity contribution is 6.46. The first-order valence-electron chi connectivity index (χ1n) is 10.5. The van der Waals surface area contributed by atoms with Crippen LogP contribution in [0.5, 0.6) is 11.5 Å². The zero-order valence-corrected chi connectivity index (χ0v) is 19.1. The summed E-state index contributed by atoms with van der Waals surface area (Å²) in [6.45, 7) is 3.77. The fraction of sp³-hybridized carbons (Fsp3) is 0.320. The van der Waals surface area contributed by atoms with Gasteiger partial charge in [0.25, 0.3) is 11.7 Å². The molecular formula is C25H27NO7. The number of benzene rings is 2. The van der Waals surface area contributed by atoms with Gasteiger partial charge in [-0.25, -0.2) is 0 Å². The van der Waals surface area contributed by atoms with Crippen molar-refractivity contribution in [2.45, 2.75) is 26.3 Å². The highest BCUT2D eigenvalue weighted by Gasteiger charge is 2.45. The van der Waals surface area contributed by atoms with Crippen molar-refractivity contribution in [2.24, 2.45) is 0 Å². The number of ketones is 1. The van der Waals surface area contributed by atoms with Gasteiger partial charge >= 0.3 is 5.97 Å². The van der Waals surface area contributed by atoms with Gasteiger partial charge in [0.15, 0.2) is 0 Å². The van der Waals surface area contributed by atoms with E-state index in [2.05, 4.69) is 0 Å². The Labute approximate surface area is 192 Å². The molecule has 0 bridgehead atoms. The fourth-order valence-electron chi connectivity index (χ4n) is 3.89. The largest absolute Gasteiger partial charge is 0.507 e. The van der Waals surface area contributed by atoms with Crippen LogP contribution in [0, 0.1) is 6.92 Å². The lowest BCUT2D eigenvalue weighted by Gasteiger charge is -2.25. The predicted octanol–water partition coefficient (Wildman–Crippen LogP) is 3.39. The summed E-state index contributed by atoms with van der Waals surface area (Å²) in [5.41, 5.74) is 1.75. The number of likely N-dealkylation sites (tertiary alicyclic amines) is 1. The number of aryl methyl sites for hydroxylation is 1. The molecule has 1 saturated heterocycles. The number of hydrogen-bond donors (Lipinski definition) is 1. The average molecular weight is 453 g/mol. The number of aliphatic hydroxyl groups is 1. The molecule has 1 aliphatic rings. The Hall–Kier alpha value is -3.65. The number of methoxy groups -OCH3 is 2. The molecule has 1 aliphatic heterocycles. The van der Waals surface area contributed by atoms with Crippen LogP contribution in [0.2, 0.25) is 0 Å². The second-order valence-electron chi connectivity index (χ2n) is 7.68. The smallest absolute Gasteiger partial charge is 0.308 e. The van der Waals surface area contributed by atoms with Crippen LogP contribution in [0.25, 0.3) is 5.76 Å². The van der Waals surface area contributed by atoms with Gasteiger partial charge in [0, 0.05) is 32.7 Å². The molecule has 0 aliphatic carbocycles. The lowest BCUT2D eigenvalue weighted by atomic mass is 9.93. The fourth-order valence-corrected chi connectivity index (χ4v) is 3.89. The molecule has 1 amide bonds. The summed E-state index contributed by atoms with van der Waals surface area (Å²) >= 11 is 0. The van der Waals surface area contributed by atoms with Gasteiger partial charge in [-0.15, -0.1) is 0 Å². The van der Waals surface area contributed by atoms with Crippen molar-refractivity contribution >= 4 is 23.4 Å². The van der Waals surface area contributed by atoms with E-state index in [9.17, 15) is 19.5 Å². The third-order valence-electron chi connectivity index (χ3n) is 5.43. The maximum atomic E-state index is 13.1. The first-order valence-corrected chi connectivity index (χ1v) is 10.5. The van der Waals surface area contributed by atoms with Gasteiger partial charge in [0.2, 0.25) is 0 Å². The normalized spacial score (nSPS) is 17.3. The van der Waals surface area contributed by atoms with Gasteiger partial charge in [0.05, 0.1) is 18.7 Å². The van der Waals surface area contributed by atoms with Crippen LogP contribution in [-0.4, -0.2) is 55.0 Å². The van der Waals surface area contributed by atoms with Crippen molar-refractivity contribution in [2.75, 3.05) is 27.4 Å². The van der Waals surface area contributed by atoms with E-state index in [1.807, 2.05) is 0 Å². The molecule has 0 radical (unpaired) electrons. The summed E-state index contributed by atoms with van der Waals surface area (Å²) in [5.74, 6) is -1.20. The molecule has 8 heteroatoms. The summed E-state index contributed by atoms with van der Waals surface area (Å²) < 4.78 is 15.4. The van der Waals surface area contributed by atoms with E-state index < -0.39 is 23.7 Å². The summed E-state index contributed by atoms with van der Waals surface area (Å²) in [5, 5.41) is 11.2. The van der Waals surface area contributed by atoms with E-state index in [0.29, 0.717) is 41.2 Å². The second kappa shape index (κ2) is 10.3. The molecule has 1 atom stereocenters. The Morgan fingerprint density at radius 1 is 1.06 bits per heavy atom. The number of Topliss-reactive ketones (excluding diaryl/α,β-unsaturated/α-hetero) is 1. The number of nitrogens with zero attached hydrogens (tertiary/aromatic N) is 1. The Morgan fingerprint density at radius 2 is 1.73 bits per heavy atom. The summed E-state index contributed by atoms with van der Waals surface area (Å²) in [6.07, 6.45) is 0.521. The molecule has 2 aromatic rings. The first-order chi connectivity index (χ1) is 15.8. The molecule has 2 aromatic carbocycles. The van der Waals surface area contributed by atoms with Crippen LogP contribution in [0.15, 0.2) is 48.0 Å². The monoisotopic (exact) mass is 453 g/mol. The van der Waals surface area contributed by atoms with E-state index >= 15 is 0 Å². The predicted molar refractivity (Wildman–Crippen MR) is 121 cm³/mol. The van der Waals surface area contributed by atoms with Crippen LogP contribution >= 0.6 is 0 Å². The van der Waals surface area contributed by atoms with Crippen LogP contribution in [0.4, 0.5) is 0 Å². The molecule has 1 heterocycles. The number of carbonyl (C=O) groups excluding carboxylic acids is 3. The Bertz CT molecular complexity index is 1090. The number of carbonyl (C=O) groups is 3. The summed E-state index contributed by atoms with van der Waals surface area (Å²) in [7, 11) is 3.10. The van der Waals surface area contributed by atoms with Crippen molar-refractivity contribution < 1.29 is 33.7 Å². The molecule has 0 saturated carbocycles. The Morgan fingerprint density at radius 3 is 2.30 bits per heavy atom. The lowest BCUT2D eigenvalue weighted by Crippen LogP contribution is -2.31. The minimum atomic E-state index is -0.797. The molecule has 174 valence electrons. The van der Waals surface area contributed by atoms with E-state index in [0.717, 1.165) is 0 Å². The molecule has 0 spiro atoms. The zero-order chi connectivity index (χ0) is 24.1. The molecule has 1 fully saturated rings. The van der Waals surface area contributed by atoms with Crippen LogP contribution < -0.4 is 9.47 Å². The van der Waals surface area contributed by atoms with Crippen molar-refractivity contribution in [1.82, 2.24) is 4.90 Å². The number of aliphatic hydroxyl groups excluding tert-OH is 1. The van der Waals surface area contributed by atoms with E-state index in [1.54, 1.807) is 63.6 Å². The topological polar surface area (TPSA) is 102 Å². The van der Waals surface area contributed by atoms with Gasteiger partial charge in [0.1, 0.15) is 17.3 Å². The van der Waals surface area contributed by atoms with Crippen molar-refractivity contribution in [3.05, 3.63) is 64.7 Å². The van der Waals surface area contributed by atoms with Crippen LogP contribution in [-0.2, 0) is 19.1 Å². The van der Waals surface area contributed by atoms with Gasteiger partial charge in [-0.1, -0.05) is 12.1 Å². The highest BCUT2D eigenvalue weighted by atomic mass is 16.5. The molecule has 33 heavy (non-hydrogen) atoms. The van der Waals surface area contributed by atoms with E-state index in [1.165, 1.54) is 11.8 Å². The number of esters is 1. The minimum absolute atomic E-state index is 0.00548. The third-order valence-corrected chi connectivity index (χ3v) is 5.43. The van der Waals surface area contributed by atoms with Crippen molar-refractivity contribution in [3.63, 3.8) is 0 Å². The quantitative estimate of drug-likeness (QED) is 0.163. The Balaban J connectivity index is 2.11. The SMILES string of the molecule is COCCCN1C(=O)C(=O)/C(=C(\O)c2ccc(OC)cc2C)C1c1ccc(OC(C)=O)cc1. The Kier molecular flexibility index (Phi) is 7.50. The van der Waals surface area contributed by atoms with Crippen LogP contribution in [0.1, 0.15) is 36.1 Å². The molecule has 3 rings (SSSR count). The molecule has 1 unspecified atom stereocenters. The van der Waals surface area contributed by atoms with E-state index in [4.69, 9.17) is 14.2 Å². The van der Waals surface area contributed by atoms with Gasteiger partial charge in [-0.2, -0.15) is 0 Å². The maximum Gasteiger partial charge on any atom is 0.308 e. The standard InChI is InChI=1S/C25H27NO7/c1-15-14-19(32-4)10-11-20(15)23(28)21-22(17-6-8-18(9-7-17)33-16(2)27)26(12-5-13-31-3)25(30)24(21)29/h6-11,14,22,28H,5,12-13H2,1-4H3/b23-21-. The summed E-state index contributed by atoms with van der Waals surface area (Å²) in [6, 6.07) is 10.8. The summed E-state index contributed by atoms with van der Waals surface area (Å²) in [4.78, 5) is 38.7. The minimum Gasteiger partial charge on any atom is -0.507 e. The van der Waals surface area contributed by atoms with Gasteiger partial charge in [-0.3, -0.25) is 14.4 Å². The molecule has 1 N–H and O–H groups in total. The number of ether oxygens (including phenoxy) is 3. The average Bonchev–Trinajstić information content (AvgIpc) is 3.04. The lowest BCUT2D eigenvalue weighted by molar-refractivity contribution is -0.140. The van der Waals surface area contributed by atoms with E-state index in [-0.39, 0.29) is 17.9 Å².